The first kappa shape index (κ1) is 16.0. The molecule has 112 valence electrons. The van der Waals surface area contributed by atoms with E-state index in [4.69, 9.17) is 4.74 Å². The van der Waals surface area contributed by atoms with Crippen molar-refractivity contribution in [1.29, 1.82) is 0 Å². The van der Waals surface area contributed by atoms with Crippen molar-refractivity contribution in [3.8, 4) is 5.75 Å². The number of benzene rings is 2. The first-order valence-corrected chi connectivity index (χ1v) is 7.80. The number of ether oxygens (including phenoxy) is 1. The van der Waals surface area contributed by atoms with Gasteiger partial charge >= 0.3 is 0 Å². The Kier molecular flexibility index (Phi) is 5.76. The van der Waals surface area contributed by atoms with Crippen molar-refractivity contribution in [2.24, 2.45) is 0 Å². The first-order chi connectivity index (χ1) is 10.1. The van der Waals surface area contributed by atoms with E-state index in [0.29, 0.717) is 6.61 Å². The van der Waals surface area contributed by atoms with E-state index in [0.717, 1.165) is 22.1 Å². The van der Waals surface area contributed by atoms with E-state index in [2.05, 4.69) is 21.2 Å². The molecule has 1 N–H and O–H groups in total. The van der Waals surface area contributed by atoms with Crippen LogP contribution < -0.4 is 10.1 Å². The lowest BCUT2D eigenvalue weighted by atomic mass is 10.1. The summed E-state index contributed by atoms with van der Waals surface area (Å²) in [6.45, 7) is 5.23. The monoisotopic (exact) mass is 351 g/mol. The topological polar surface area (TPSA) is 21.3 Å². The van der Waals surface area contributed by atoms with Crippen LogP contribution in [0, 0.1) is 5.82 Å². The molecular formula is C17H19BrFNO. The molecule has 1 atom stereocenters. The van der Waals surface area contributed by atoms with E-state index >= 15 is 0 Å². The third-order valence-electron chi connectivity index (χ3n) is 3.31. The highest BCUT2D eigenvalue weighted by molar-refractivity contribution is 9.10. The van der Waals surface area contributed by atoms with Crippen molar-refractivity contribution in [1.82, 2.24) is 5.32 Å². The zero-order valence-corrected chi connectivity index (χ0v) is 13.8. The molecule has 2 aromatic carbocycles. The summed E-state index contributed by atoms with van der Waals surface area (Å²) in [5.74, 6) is -0.0532. The van der Waals surface area contributed by atoms with Gasteiger partial charge < -0.3 is 10.1 Å². The second-order valence-electron chi connectivity index (χ2n) is 4.85. The van der Waals surface area contributed by atoms with Gasteiger partial charge in [0.2, 0.25) is 0 Å². The molecule has 0 fully saturated rings. The predicted molar refractivity (Wildman–Crippen MR) is 87.0 cm³/mol. The van der Waals surface area contributed by atoms with Crippen molar-refractivity contribution < 1.29 is 9.13 Å². The maximum absolute atomic E-state index is 14.1. The van der Waals surface area contributed by atoms with Crippen LogP contribution in [0.1, 0.15) is 31.0 Å². The minimum Gasteiger partial charge on any atom is -0.486 e. The molecular weight excluding hydrogens is 333 g/mol. The number of rotatable bonds is 6. The van der Waals surface area contributed by atoms with Gasteiger partial charge in [0.25, 0.3) is 0 Å². The fourth-order valence-corrected chi connectivity index (χ4v) is 2.50. The molecule has 2 aromatic rings. The SMILES string of the molecule is CCNC(C)c1ccc(OCc2ccccc2Br)c(F)c1. The van der Waals surface area contributed by atoms with E-state index in [1.807, 2.05) is 44.2 Å². The van der Waals surface area contributed by atoms with Gasteiger partial charge in [-0.25, -0.2) is 4.39 Å². The fraction of sp³-hybridized carbons (Fsp3) is 0.294. The van der Waals surface area contributed by atoms with E-state index < -0.39 is 0 Å². The summed E-state index contributed by atoms with van der Waals surface area (Å²) >= 11 is 3.45. The highest BCUT2D eigenvalue weighted by Crippen LogP contribution is 2.24. The molecule has 0 saturated carbocycles. The van der Waals surface area contributed by atoms with E-state index in [-0.39, 0.29) is 17.6 Å². The van der Waals surface area contributed by atoms with Crippen molar-refractivity contribution in [3.05, 3.63) is 63.9 Å². The second kappa shape index (κ2) is 7.57. The first-order valence-electron chi connectivity index (χ1n) is 7.01. The summed E-state index contributed by atoms with van der Waals surface area (Å²) in [5.41, 5.74) is 1.91. The Morgan fingerprint density at radius 1 is 1.24 bits per heavy atom. The Morgan fingerprint density at radius 3 is 2.67 bits per heavy atom. The van der Waals surface area contributed by atoms with Crippen LogP contribution in [-0.4, -0.2) is 6.54 Å². The number of halogens is 2. The van der Waals surface area contributed by atoms with Gasteiger partial charge in [0, 0.05) is 16.1 Å². The summed E-state index contributed by atoms with van der Waals surface area (Å²) in [5, 5.41) is 3.26. The zero-order valence-electron chi connectivity index (χ0n) is 12.2. The molecule has 0 aliphatic carbocycles. The van der Waals surface area contributed by atoms with Crippen LogP contribution in [0.5, 0.6) is 5.75 Å². The Balaban J connectivity index is 2.06. The highest BCUT2D eigenvalue weighted by Gasteiger charge is 2.10. The second-order valence-corrected chi connectivity index (χ2v) is 5.70. The van der Waals surface area contributed by atoms with Gasteiger partial charge in [-0.15, -0.1) is 0 Å². The lowest BCUT2D eigenvalue weighted by Gasteiger charge is -2.14. The Labute approximate surface area is 133 Å². The number of nitrogens with one attached hydrogen (secondary N) is 1. The Morgan fingerprint density at radius 2 is 2.00 bits per heavy atom. The average Bonchev–Trinajstić information content (AvgIpc) is 2.47. The van der Waals surface area contributed by atoms with Crippen molar-refractivity contribution >= 4 is 15.9 Å². The van der Waals surface area contributed by atoms with E-state index in [1.54, 1.807) is 6.07 Å². The quantitative estimate of drug-likeness (QED) is 0.803. The molecule has 2 rings (SSSR count). The molecule has 0 spiro atoms. The van der Waals surface area contributed by atoms with Crippen LogP contribution in [0.4, 0.5) is 4.39 Å². The minimum absolute atomic E-state index is 0.127. The molecule has 0 amide bonds. The molecule has 4 heteroatoms. The van der Waals surface area contributed by atoms with Crippen molar-refractivity contribution in [2.45, 2.75) is 26.5 Å². The number of hydrogen-bond donors (Lipinski definition) is 1. The van der Waals surface area contributed by atoms with Gasteiger partial charge in [0.1, 0.15) is 6.61 Å². The van der Waals surface area contributed by atoms with Crippen LogP contribution in [0.3, 0.4) is 0 Å². The molecule has 0 aromatic heterocycles. The molecule has 1 unspecified atom stereocenters. The molecule has 0 aliphatic heterocycles. The molecule has 0 saturated heterocycles. The summed E-state index contributed by atoms with van der Waals surface area (Å²) < 4.78 is 20.6. The molecule has 21 heavy (non-hydrogen) atoms. The van der Waals surface area contributed by atoms with Crippen LogP contribution >= 0.6 is 15.9 Å². The highest BCUT2D eigenvalue weighted by atomic mass is 79.9. The van der Waals surface area contributed by atoms with Gasteiger partial charge in [-0.2, -0.15) is 0 Å². The van der Waals surface area contributed by atoms with Gasteiger partial charge in [0.15, 0.2) is 11.6 Å². The normalized spacial score (nSPS) is 12.2. The zero-order chi connectivity index (χ0) is 15.2. The minimum atomic E-state index is -0.329. The van der Waals surface area contributed by atoms with Gasteiger partial charge in [-0.3, -0.25) is 0 Å². The lowest BCUT2D eigenvalue weighted by molar-refractivity contribution is 0.289. The molecule has 0 aliphatic rings. The Hall–Kier alpha value is -1.39. The van der Waals surface area contributed by atoms with Gasteiger partial charge in [0.05, 0.1) is 0 Å². The van der Waals surface area contributed by atoms with Gasteiger partial charge in [-0.1, -0.05) is 47.1 Å². The average molecular weight is 352 g/mol. The Bertz CT molecular complexity index is 603. The van der Waals surface area contributed by atoms with Crippen LogP contribution in [0.15, 0.2) is 46.9 Å². The van der Waals surface area contributed by atoms with Crippen LogP contribution in [-0.2, 0) is 6.61 Å². The fourth-order valence-electron chi connectivity index (χ4n) is 2.10. The van der Waals surface area contributed by atoms with Crippen molar-refractivity contribution in [3.63, 3.8) is 0 Å². The maximum Gasteiger partial charge on any atom is 0.165 e. The third kappa shape index (κ3) is 4.29. The van der Waals surface area contributed by atoms with Crippen LogP contribution in [0.25, 0.3) is 0 Å². The van der Waals surface area contributed by atoms with E-state index in [9.17, 15) is 4.39 Å². The predicted octanol–water partition coefficient (Wildman–Crippen LogP) is 4.84. The smallest absolute Gasteiger partial charge is 0.165 e. The van der Waals surface area contributed by atoms with Crippen molar-refractivity contribution in [2.75, 3.05) is 6.54 Å². The molecule has 2 nitrogen and oxygen atoms in total. The summed E-state index contributed by atoms with van der Waals surface area (Å²) in [6, 6.07) is 13.0. The largest absolute Gasteiger partial charge is 0.486 e. The molecule has 0 radical (unpaired) electrons. The van der Waals surface area contributed by atoms with Crippen LogP contribution in [0.2, 0.25) is 0 Å². The summed E-state index contributed by atoms with van der Waals surface area (Å²) in [4.78, 5) is 0. The van der Waals surface area contributed by atoms with E-state index in [1.165, 1.54) is 6.07 Å². The standard InChI is InChI=1S/C17H19BrFNO/c1-3-20-12(2)13-8-9-17(16(19)10-13)21-11-14-6-4-5-7-15(14)18/h4-10,12,20H,3,11H2,1-2H3. The number of hydrogen-bond acceptors (Lipinski definition) is 2. The summed E-state index contributed by atoms with van der Waals surface area (Å²) in [6.07, 6.45) is 0. The van der Waals surface area contributed by atoms with Gasteiger partial charge in [-0.05, 0) is 37.2 Å². The summed E-state index contributed by atoms with van der Waals surface area (Å²) in [7, 11) is 0. The lowest BCUT2D eigenvalue weighted by Crippen LogP contribution is -2.17. The maximum atomic E-state index is 14.1. The molecule has 0 bridgehead atoms. The third-order valence-corrected chi connectivity index (χ3v) is 4.08. The molecule has 0 heterocycles.